The van der Waals surface area contributed by atoms with Gasteiger partial charge in [0.2, 0.25) is 5.95 Å². The summed E-state index contributed by atoms with van der Waals surface area (Å²) >= 11 is 0. The molecule has 5 aromatic rings. The molecule has 4 aromatic heterocycles. The molecule has 1 aliphatic carbocycles. The molecule has 2 amide bonds. The van der Waals surface area contributed by atoms with Crippen molar-refractivity contribution in [1.82, 2.24) is 39.2 Å². The lowest BCUT2D eigenvalue weighted by Crippen LogP contribution is -2.38. The average molecular weight is 707 g/mol. The van der Waals surface area contributed by atoms with E-state index in [1.54, 1.807) is 21.5 Å². The molecule has 0 bridgehead atoms. The largest absolute Gasteiger partial charge is 0.484 e. The van der Waals surface area contributed by atoms with Crippen LogP contribution in [0.3, 0.4) is 0 Å². The summed E-state index contributed by atoms with van der Waals surface area (Å²) < 4.78 is 12.0. The third-order valence-electron chi connectivity index (χ3n) is 10.2. The number of likely N-dealkylation sites (N-methyl/N-ethyl adjacent to an activating group) is 1. The van der Waals surface area contributed by atoms with Gasteiger partial charge in [-0.3, -0.25) is 14.5 Å². The standard InChI is InChI=1S/C39H50N10O3/c1-26-11-9-10-19-47(26)38-43-42-34-17-14-28(25-48(34)38)52-32-16-15-31(29-12-7-8-13-30(29)32)40-37(51)41-35-24-33(39(2,3)4)44-49(35)27-18-20-46(36(50)23-27)22-21-45(5)6/h7-8,12-14,17-18,20,23-26,31-32H,9-11,15-16,19,21-22H2,1-6H3,(H2,40,41,51)/t26?,31-,32+/m0/s1. The van der Waals surface area contributed by atoms with Crippen LogP contribution in [0.25, 0.3) is 11.3 Å². The lowest BCUT2D eigenvalue weighted by molar-refractivity contribution is 0.171. The number of amides is 2. The summed E-state index contributed by atoms with van der Waals surface area (Å²) in [6, 6.07) is 17.2. The second-order valence-electron chi connectivity index (χ2n) is 15.4. The number of nitrogens with one attached hydrogen (secondary N) is 2. The van der Waals surface area contributed by atoms with Crippen LogP contribution >= 0.6 is 0 Å². The molecular weight excluding hydrogens is 656 g/mol. The smallest absolute Gasteiger partial charge is 0.320 e. The normalized spacial score (nSPS) is 19.1. The minimum Gasteiger partial charge on any atom is -0.484 e. The summed E-state index contributed by atoms with van der Waals surface area (Å²) in [7, 11) is 3.95. The highest BCUT2D eigenvalue weighted by Gasteiger charge is 2.31. The van der Waals surface area contributed by atoms with Crippen molar-refractivity contribution in [3.8, 4) is 11.4 Å². The van der Waals surface area contributed by atoms with Gasteiger partial charge in [-0.25, -0.2) is 9.48 Å². The van der Waals surface area contributed by atoms with Crippen molar-refractivity contribution >= 4 is 23.4 Å². The molecule has 1 fully saturated rings. The summed E-state index contributed by atoms with van der Waals surface area (Å²) in [6.07, 6.45) is 8.53. The van der Waals surface area contributed by atoms with Crippen LogP contribution in [-0.2, 0) is 12.0 Å². The van der Waals surface area contributed by atoms with Crippen molar-refractivity contribution in [3.05, 3.63) is 94.2 Å². The Hall–Kier alpha value is -5.17. The number of pyridine rings is 2. The monoisotopic (exact) mass is 706 g/mol. The molecule has 13 heteroatoms. The number of ether oxygens (including phenoxy) is 1. The highest BCUT2D eigenvalue weighted by Crippen LogP contribution is 2.39. The predicted molar refractivity (Wildman–Crippen MR) is 203 cm³/mol. The Morgan fingerprint density at radius 3 is 2.56 bits per heavy atom. The highest BCUT2D eigenvalue weighted by atomic mass is 16.5. The molecule has 0 radical (unpaired) electrons. The zero-order valence-electron chi connectivity index (χ0n) is 31.0. The van der Waals surface area contributed by atoms with Crippen molar-refractivity contribution in [2.24, 2.45) is 0 Å². The maximum Gasteiger partial charge on any atom is 0.320 e. The first-order valence-electron chi connectivity index (χ1n) is 18.3. The van der Waals surface area contributed by atoms with Crippen LogP contribution in [0, 0.1) is 0 Å². The van der Waals surface area contributed by atoms with E-state index in [1.165, 1.54) is 6.42 Å². The fourth-order valence-corrected chi connectivity index (χ4v) is 7.17. The van der Waals surface area contributed by atoms with Crippen molar-refractivity contribution in [1.29, 1.82) is 0 Å². The lowest BCUT2D eigenvalue weighted by Gasteiger charge is -2.33. The number of fused-ring (bicyclic) bond motifs is 2. The molecule has 1 unspecified atom stereocenters. The number of aromatic nitrogens is 6. The van der Waals surface area contributed by atoms with Crippen LogP contribution in [0.4, 0.5) is 16.6 Å². The fraction of sp³-hybridized carbons (Fsp3) is 0.462. The van der Waals surface area contributed by atoms with Gasteiger partial charge in [-0.15, -0.1) is 10.2 Å². The van der Waals surface area contributed by atoms with Gasteiger partial charge in [0, 0.05) is 49.4 Å². The van der Waals surface area contributed by atoms with E-state index in [-0.39, 0.29) is 29.2 Å². The van der Waals surface area contributed by atoms with Crippen molar-refractivity contribution < 1.29 is 9.53 Å². The van der Waals surface area contributed by atoms with Crippen LogP contribution < -0.4 is 25.8 Å². The number of anilines is 2. The molecule has 274 valence electrons. The number of carbonyl (C=O) groups excluding carboxylic acids is 1. The van der Waals surface area contributed by atoms with Gasteiger partial charge in [-0.1, -0.05) is 45.0 Å². The number of hydrogen-bond donors (Lipinski definition) is 2. The van der Waals surface area contributed by atoms with Gasteiger partial charge in [0.25, 0.3) is 5.56 Å². The molecule has 7 rings (SSSR count). The van der Waals surface area contributed by atoms with Gasteiger partial charge in [0.05, 0.1) is 23.6 Å². The Labute approximate surface area is 304 Å². The quantitative estimate of drug-likeness (QED) is 0.189. The van der Waals surface area contributed by atoms with Crippen molar-refractivity contribution in [3.63, 3.8) is 0 Å². The molecule has 2 N–H and O–H groups in total. The molecule has 0 spiro atoms. The number of rotatable bonds is 9. The number of urea groups is 1. The summed E-state index contributed by atoms with van der Waals surface area (Å²) in [6.45, 7) is 10.7. The summed E-state index contributed by atoms with van der Waals surface area (Å²) in [5.74, 6) is 2.09. The van der Waals surface area contributed by atoms with E-state index in [0.717, 1.165) is 60.1 Å². The highest BCUT2D eigenvalue weighted by molar-refractivity contribution is 5.89. The number of nitrogens with zero attached hydrogens (tertiary/aromatic N) is 8. The summed E-state index contributed by atoms with van der Waals surface area (Å²) in [4.78, 5) is 31.1. The predicted octanol–water partition coefficient (Wildman–Crippen LogP) is 6.09. The minimum absolute atomic E-state index is 0.128. The number of hydrogen-bond acceptors (Lipinski definition) is 8. The number of piperidine rings is 1. The Balaban J connectivity index is 1.08. The van der Waals surface area contributed by atoms with Gasteiger partial charge in [0.1, 0.15) is 17.7 Å². The van der Waals surface area contributed by atoms with Crippen molar-refractivity contribution in [2.45, 2.75) is 89.9 Å². The SMILES string of the molecule is CC1CCCCN1c1nnc2ccc(O[C@@H]3CC[C@H](NC(=O)Nc4cc(C(C)(C)C)nn4-c4ccn(CCN(C)C)c(=O)c4)c4ccccc43)cn12. The Morgan fingerprint density at radius 2 is 1.81 bits per heavy atom. The Morgan fingerprint density at radius 1 is 1.00 bits per heavy atom. The lowest BCUT2D eigenvalue weighted by atomic mass is 9.85. The van der Waals surface area contributed by atoms with Gasteiger partial charge in [-0.2, -0.15) is 5.10 Å². The maximum atomic E-state index is 13.7. The first-order valence-corrected chi connectivity index (χ1v) is 18.3. The molecule has 3 atom stereocenters. The number of carbonyl (C=O) groups is 1. The van der Waals surface area contributed by atoms with E-state index >= 15 is 0 Å². The fourth-order valence-electron chi connectivity index (χ4n) is 7.17. The van der Waals surface area contributed by atoms with Gasteiger partial charge in [-0.05, 0) is 82.4 Å². The van der Waals surface area contributed by atoms with Crippen LogP contribution in [0.2, 0.25) is 0 Å². The molecule has 5 heterocycles. The van der Waals surface area contributed by atoms with E-state index in [0.29, 0.717) is 36.9 Å². The first kappa shape index (κ1) is 35.2. The molecule has 1 saturated heterocycles. The molecule has 52 heavy (non-hydrogen) atoms. The first-order chi connectivity index (χ1) is 24.9. The van der Waals surface area contributed by atoms with Crippen molar-refractivity contribution in [2.75, 3.05) is 37.4 Å². The maximum absolute atomic E-state index is 13.7. The van der Waals surface area contributed by atoms with E-state index in [9.17, 15) is 9.59 Å². The molecular formula is C39H50N10O3. The second-order valence-corrected chi connectivity index (χ2v) is 15.4. The van der Waals surface area contributed by atoms with E-state index in [1.807, 2.05) is 66.0 Å². The summed E-state index contributed by atoms with van der Waals surface area (Å²) in [5, 5.41) is 20.0. The zero-order chi connectivity index (χ0) is 36.6. The van der Waals surface area contributed by atoms with Gasteiger partial charge < -0.3 is 24.4 Å². The van der Waals surface area contributed by atoms with Crippen LogP contribution in [-0.4, -0.2) is 73.1 Å². The van der Waals surface area contributed by atoms with E-state index in [4.69, 9.17) is 9.84 Å². The molecule has 2 aliphatic rings. The third-order valence-corrected chi connectivity index (χ3v) is 10.2. The average Bonchev–Trinajstić information content (AvgIpc) is 3.73. The minimum atomic E-state index is -0.349. The van der Waals surface area contributed by atoms with Crippen LogP contribution in [0.15, 0.2) is 71.8 Å². The third kappa shape index (κ3) is 7.41. The van der Waals surface area contributed by atoms with Crippen LogP contribution in [0.1, 0.15) is 88.8 Å². The summed E-state index contributed by atoms with van der Waals surface area (Å²) in [5.41, 5.74) is 3.83. The zero-order valence-corrected chi connectivity index (χ0v) is 31.0. The molecule has 1 aromatic carbocycles. The second kappa shape index (κ2) is 14.5. The van der Waals surface area contributed by atoms with Crippen LogP contribution in [0.5, 0.6) is 5.75 Å². The van der Waals surface area contributed by atoms with E-state index in [2.05, 4.69) is 65.6 Å². The van der Waals surface area contributed by atoms with Gasteiger partial charge in [0.15, 0.2) is 5.65 Å². The number of benzene rings is 1. The Kier molecular flexibility index (Phi) is 9.80. The topological polar surface area (TPSA) is 127 Å². The Bertz CT molecular complexity index is 2110. The van der Waals surface area contributed by atoms with E-state index < -0.39 is 0 Å². The molecule has 0 saturated carbocycles. The molecule has 1 aliphatic heterocycles. The molecule has 13 nitrogen and oxygen atoms in total. The van der Waals surface area contributed by atoms with Gasteiger partial charge >= 0.3 is 6.03 Å².